The summed E-state index contributed by atoms with van der Waals surface area (Å²) in [6.45, 7) is -2.39. The predicted molar refractivity (Wildman–Crippen MR) is 168 cm³/mol. The number of rotatable bonds is 12. The van der Waals surface area contributed by atoms with Gasteiger partial charge in [0.05, 0.1) is 12.8 Å². The van der Waals surface area contributed by atoms with E-state index >= 15 is 0 Å². The van der Waals surface area contributed by atoms with Crippen molar-refractivity contribution in [3.63, 3.8) is 0 Å². The summed E-state index contributed by atoms with van der Waals surface area (Å²) < 4.78 is 48.4. The zero-order valence-corrected chi connectivity index (χ0v) is 26.9. The first-order valence-corrected chi connectivity index (χ1v) is 16.2. The Bertz CT molecular complexity index is 1690. The van der Waals surface area contributed by atoms with Gasteiger partial charge < -0.3 is 29.0 Å². The molecule has 0 bridgehead atoms. The fourth-order valence-electron chi connectivity index (χ4n) is 5.01. The summed E-state index contributed by atoms with van der Waals surface area (Å²) >= 11 is 14.2. The second kappa shape index (κ2) is 15.3. The van der Waals surface area contributed by atoms with Crippen LogP contribution in [0, 0.1) is 5.92 Å². The van der Waals surface area contributed by atoms with Gasteiger partial charge >= 0.3 is 12.6 Å². The number of halogens is 4. The number of oxazole rings is 1. The van der Waals surface area contributed by atoms with E-state index in [4.69, 9.17) is 41.8 Å². The lowest BCUT2D eigenvalue weighted by atomic mass is 10.0. The summed E-state index contributed by atoms with van der Waals surface area (Å²) in [6.07, 6.45) is 7.02. The molecule has 1 saturated heterocycles. The second-order valence-electron chi connectivity index (χ2n) is 10.8. The van der Waals surface area contributed by atoms with Gasteiger partial charge in [0.25, 0.3) is 5.91 Å². The first-order chi connectivity index (χ1) is 22.3. The molecule has 47 heavy (non-hydrogen) atoms. The fraction of sp³-hybridized carbons (Fsp3) is 0.312. The van der Waals surface area contributed by atoms with Gasteiger partial charge in [-0.3, -0.25) is 4.79 Å². The molecule has 2 aliphatic rings. The lowest BCUT2D eigenvalue weighted by molar-refractivity contribution is -0.377. The number of pyridine rings is 1. The average Bonchev–Trinajstić information content (AvgIpc) is 3.46. The molecule has 0 unspecified atom stereocenters. The molecule has 1 saturated carbocycles. The molecule has 10 nitrogen and oxygen atoms in total. The summed E-state index contributed by atoms with van der Waals surface area (Å²) in [5, 5.41) is -0.309. The van der Waals surface area contributed by atoms with Crippen molar-refractivity contribution in [2.45, 2.75) is 37.4 Å². The van der Waals surface area contributed by atoms with Crippen LogP contribution in [-0.4, -0.2) is 58.1 Å². The number of ether oxygens (including phenoxy) is 3. The minimum absolute atomic E-state index is 0. The number of nitrogens with one attached hydrogen (secondary N) is 1. The molecule has 4 aromatic rings. The maximum Gasteiger partial charge on any atom is 0.387 e. The Balaban J connectivity index is 0.00000433. The Labute approximate surface area is 282 Å². The standard InChI is InChI=1S/C32H27Cl2F2N3O6S.H2O/c33-23-13-37-14-24(34)22(23)12-26(20-6-7-25(45-32(35)36)27(11-20)42-16-18-4-5-18)44-31(41)30-39(8-9-46-30)29(40)21-3-1-2-19(10-21)28-15-38-17-43-28;/h1-3,6-7,10-11,13-15,17-18,26,30,32H,4-5,8-9,12,16H2;1H2/t26-,30-;/m0./s1. The summed E-state index contributed by atoms with van der Waals surface area (Å²) in [6, 6.07) is 11.3. The Morgan fingerprint density at radius 3 is 2.60 bits per heavy atom. The van der Waals surface area contributed by atoms with Crippen LogP contribution >= 0.6 is 35.0 Å². The number of carbonyl (C=O) groups excluding carboxylic acids is 2. The largest absolute Gasteiger partial charge is 0.870 e. The topological polar surface area (TPSA) is 135 Å². The highest BCUT2D eigenvalue weighted by Gasteiger charge is 2.38. The van der Waals surface area contributed by atoms with Gasteiger partial charge in [-0.2, -0.15) is 8.78 Å². The van der Waals surface area contributed by atoms with Crippen molar-refractivity contribution in [3.05, 3.63) is 94.2 Å². The Morgan fingerprint density at radius 2 is 1.89 bits per heavy atom. The average molecular weight is 709 g/mol. The number of esters is 1. The Morgan fingerprint density at radius 1 is 1.11 bits per heavy atom. The molecule has 2 fully saturated rings. The Kier molecular flexibility index (Phi) is 11.2. The predicted octanol–water partition coefficient (Wildman–Crippen LogP) is 6.72. The first-order valence-electron chi connectivity index (χ1n) is 14.4. The van der Waals surface area contributed by atoms with Gasteiger partial charge in [0.15, 0.2) is 41.4 Å². The third kappa shape index (κ3) is 8.33. The summed E-state index contributed by atoms with van der Waals surface area (Å²) in [4.78, 5) is 35.7. The minimum atomic E-state index is -3.06. The van der Waals surface area contributed by atoms with Crippen LogP contribution in [0.3, 0.4) is 0 Å². The summed E-state index contributed by atoms with van der Waals surface area (Å²) in [5.74, 6) is 0.325. The smallest absolute Gasteiger partial charge is 0.387 e. The van der Waals surface area contributed by atoms with Crippen molar-refractivity contribution < 1.29 is 47.5 Å². The molecule has 15 heteroatoms. The maximum atomic E-state index is 13.8. The van der Waals surface area contributed by atoms with Gasteiger partial charge in [-0.25, -0.2) is 14.8 Å². The van der Waals surface area contributed by atoms with Gasteiger partial charge in [0, 0.05) is 35.4 Å². The molecule has 1 aliphatic carbocycles. The Hall–Kier alpha value is -3.91. The molecule has 2 atom stereocenters. The van der Waals surface area contributed by atoms with Crippen LogP contribution in [0.1, 0.15) is 40.4 Å². The fourth-order valence-corrected chi connectivity index (χ4v) is 6.64. The normalized spacial score (nSPS) is 16.4. The van der Waals surface area contributed by atoms with E-state index in [-0.39, 0.29) is 29.3 Å². The number of aromatic nitrogens is 2. The third-order valence-corrected chi connectivity index (χ3v) is 9.41. The zero-order valence-electron chi connectivity index (χ0n) is 24.6. The monoisotopic (exact) mass is 707 g/mol. The number of hydrogen-bond acceptors (Lipinski definition) is 9. The number of H-pyrrole nitrogens is 1. The number of amides is 1. The molecule has 0 radical (unpaired) electrons. The van der Waals surface area contributed by atoms with E-state index in [0.29, 0.717) is 62.9 Å². The van der Waals surface area contributed by atoms with Crippen LogP contribution in [0.4, 0.5) is 8.78 Å². The summed E-state index contributed by atoms with van der Waals surface area (Å²) in [7, 11) is 0. The highest BCUT2D eigenvalue weighted by Crippen LogP contribution is 2.39. The molecule has 6 rings (SSSR count). The van der Waals surface area contributed by atoms with E-state index in [1.165, 1.54) is 41.3 Å². The van der Waals surface area contributed by atoms with Crippen LogP contribution < -0.4 is 14.5 Å². The van der Waals surface area contributed by atoms with Crippen molar-refractivity contribution in [2.24, 2.45) is 5.92 Å². The van der Waals surface area contributed by atoms with Crippen molar-refractivity contribution in [1.82, 2.24) is 9.88 Å². The molecular weight excluding hydrogens is 679 g/mol. The third-order valence-electron chi connectivity index (χ3n) is 7.55. The van der Waals surface area contributed by atoms with Gasteiger partial charge in [-0.15, -0.1) is 11.8 Å². The van der Waals surface area contributed by atoms with E-state index in [2.05, 4.69) is 9.97 Å². The van der Waals surface area contributed by atoms with Crippen LogP contribution in [0.25, 0.3) is 11.3 Å². The maximum absolute atomic E-state index is 13.8. The lowest BCUT2D eigenvalue weighted by Gasteiger charge is -2.26. The molecule has 0 spiro atoms. The van der Waals surface area contributed by atoms with Crippen molar-refractivity contribution in [2.75, 3.05) is 18.9 Å². The number of hydrogen-bond donors (Lipinski definition) is 0. The van der Waals surface area contributed by atoms with E-state index in [1.807, 2.05) is 0 Å². The highest BCUT2D eigenvalue weighted by molar-refractivity contribution is 8.00. The molecule has 248 valence electrons. The van der Waals surface area contributed by atoms with E-state index in [9.17, 15) is 18.4 Å². The quantitative estimate of drug-likeness (QED) is 0.147. The lowest BCUT2D eigenvalue weighted by Crippen LogP contribution is -2.40. The SMILES string of the molecule is O=C(O[C@@H](Cc1c(Cl)c[nH+]cc1Cl)c1ccc(OC(F)F)c(OCC2CC2)c1)[C@@H]1SCCN1C(=O)c1cccc(-c2cnco2)c1.[OH-]. The minimum Gasteiger partial charge on any atom is -0.870 e. The number of thioether (sulfide) groups is 1. The van der Waals surface area contributed by atoms with Crippen molar-refractivity contribution in [3.8, 4) is 22.8 Å². The summed E-state index contributed by atoms with van der Waals surface area (Å²) in [5.41, 5.74) is 1.99. The van der Waals surface area contributed by atoms with Crippen LogP contribution in [-0.2, 0) is 16.0 Å². The molecule has 2 aromatic heterocycles. The van der Waals surface area contributed by atoms with Crippen LogP contribution in [0.5, 0.6) is 11.5 Å². The van der Waals surface area contributed by atoms with Crippen LogP contribution in [0.15, 0.2) is 71.9 Å². The van der Waals surface area contributed by atoms with Crippen molar-refractivity contribution >= 4 is 46.8 Å². The number of nitrogens with zero attached hydrogens (tertiary/aromatic N) is 2. The molecule has 2 N–H and O–H groups in total. The van der Waals surface area contributed by atoms with E-state index in [1.54, 1.807) is 42.9 Å². The zero-order chi connectivity index (χ0) is 32.2. The van der Waals surface area contributed by atoms with Crippen molar-refractivity contribution in [1.29, 1.82) is 0 Å². The number of carbonyl (C=O) groups is 2. The molecule has 1 amide bonds. The first kappa shape index (κ1) is 34.4. The van der Waals surface area contributed by atoms with Gasteiger partial charge in [0.1, 0.15) is 16.1 Å². The molecular formula is C32H29Cl2F2N3O7S. The number of alkyl halides is 2. The van der Waals surface area contributed by atoms with E-state index < -0.39 is 24.1 Å². The highest BCUT2D eigenvalue weighted by atomic mass is 35.5. The van der Waals surface area contributed by atoms with Crippen LogP contribution in [0.2, 0.25) is 10.0 Å². The van der Waals surface area contributed by atoms with E-state index in [0.717, 1.165) is 12.8 Å². The molecule has 2 aromatic carbocycles. The van der Waals surface area contributed by atoms with Gasteiger partial charge in [0.2, 0.25) is 0 Å². The second-order valence-corrected chi connectivity index (χ2v) is 12.8. The molecule has 3 heterocycles. The van der Waals surface area contributed by atoms with Gasteiger partial charge in [-0.1, -0.05) is 41.4 Å². The molecule has 1 aliphatic heterocycles. The number of benzene rings is 2. The number of aromatic amines is 1. The van der Waals surface area contributed by atoms with Gasteiger partial charge in [-0.05, 0) is 48.6 Å².